The van der Waals surface area contributed by atoms with Gasteiger partial charge in [0, 0.05) is 63.8 Å². The zero-order valence-corrected chi connectivity index (χ0v) is 17.5. The van der Waals surface area contributed by atoms with Crippen molar-refractivity contribution >= 4 is 17.5 Å². The number of halogens is 1. The van der Waals surface area contributed by atoms with Gasteiger partial charge in [0.15, 0.2) is 11.6 Å². The minimum atomic E-state index is -0.558. The van der Waals surface area contributed by atoms with Gasteiger partial charge in [0.25, 0.3) is 0 Å². The van der Waals surface area contributed by atoms with Gasteiger partial charge < -0.3 is 25.2 Å². The molecule has 2 heterocycles. The van der Waals surface area contributed by atoms with Crippen LogP contribution in [-0.4, -0.2) is 79.1 Å². The fraction of sp³-hybridized carbons (Fsp3) is 0.429. The van der Waals surface area contributed by atoms with E-state index in [2.05, 4.69) is 27.1 Å². The summed E-state index contributed by atoms with van der Waals surface area (Å²) in [6.07, 6.45) is 2.40. The van der Waals surface area contributed by atoms with Gasteiger partial charge in [-0.15, -0.1) is 0 Å². The number of nitrogens with two attached hydrogens (primary N) is 1. The molecule has 1 aromatic carbocycles. The molecule has 0 aliphatic carbocycles. The molecule has 9 heteroatoms. The van der Waals surface area contributed by atoms with E-state index in [0.717, 1.165) is 39.1 Å². The van der Waals surface area contributed by atoms with Gasteiger partial charge in [-0.25, -0.2) is 14.2 Å². The van der Waals surface area contributed by atoms with Crippen LogP contribution in [0.4, 0.5) is 20.7 Å². The first-order valence-corrected chi connectivity index (χ1v) is 10.0. The van der Waals surface area contributed by atoms with Crippen LogP contribution in [0.5, 0.6) is 11.5 Å². The van der Waals surface area contributed by atoms with Gasteiger partial charge in [-0.1, -0.05) is 0 Å². The van der Waals surface area contributed by atoms with Crippen molar-refractivity contribution in [3.63, 3.8) is 0 Å². The molecule has 1 fully saturated rings. The first kappa shape index (κ1) is 21.8. The third-order valence-electron chi connectivity index (χ3n) is 5.06. The summed E-state index contributed by atoms with van der Waals surface area (Å²) in [6.45, 7) is 5.92. The first-order chi connectivity index (χ1) is 14.4. The highest BCUT2D eigenvalue weighted by atomic mass is 19.1. The summed E-state index contributed by atoms with van der Waals surface area (Å²) >= 11 is 0. The van der Waals surface area contributed by atoms with Crippen LogP contribution >= 0.6 is 0 Å². The van der Waals surface area contributed by atoms with E-state index in [1.807, 2.05) is 0 Å². The molecule has 0 unspecified atom stereocenters. The van der Waals surface area contributed by atoms with E-state index in [1.165, 1.54) is 18.3 Å². The average molecular weight is 417 g/mol. The maximum Gasteiger partial charge on any atom is 0.322 e. The van der Waals surface area contributed by atoms with Crippen molar-refractivity contribution in [1.29, 1.82) is 0 Å². The Bertz CT molecular complexity index is 857. The predicted molar refractivity (Wildman–Crippen MR) is 115 cm³/mol. The highest BCUT2D eigenvalue weighted by molar-refractivity contribution is 5.88. The number of nitrogen functional groups attached to an aromatic ring is 1. The third kappa shape index (κ3) is 6.30. The summed E-state index contributed by atoms with van der Waals surface area (Å²) in [4.78, 5) is 22.9. The quantitative estimate of drug-likeness (QED) is 0.675. The van der Waals surface area contributed by atoms with Gasteiger partial charge in [-0.05, 0) is 38.2 Å². The topological polar surface area (TPSA) is 87.0 Å². The normalized spacial score (nSPS) is 15.0. The Hall–Kier alpha value is -2.91. The van der Waals surface area contributed by atoms with E-state index in [0.29, 0.717) is 23.8 Å². The Labute approximate surface area is 176 Å². The van der Waals surface area contributed by atoms with Crippen LogP contribution in [0.2, 0.25) is 0 Å². The summed E-state index contributed by atoms with van der Waals surface area (Å²) in [5, 5.41) is 2.75. The molecule has 2 amide bonds. The molecule has 1 aliphatic heterocycles. The number of pyridine rings is 1. The molecular formula is C21H29FN6O2. The number of urea groups is 1. The van der Waals surface area contributed by atoms with Gasteiger partial charge in [0.1, 0.15) is 11.6 Å². The molecule has 0 bridgehead atoms. The number of hydrogen-bond donors (Lipinski definition) is 2. The van der Waals surface area contributed by atoms with Gasteiger partial charge in [-0.2, -0.15) is 0 Å². The van der Waals surface area contributed by atoms with E-state index < -0.39 is 5.82 Å². The summed E-state index contributed by atoms with van der Waals surface area (Å²) < 4.78 is 19.5. The Morgan fingerprint density at radius 2 is 2.03 bits per heavy atom. The molecule has 3 N–H and O–H groups in total. The van der Waals surface area contributed by atoms with Crippen LogP contribution < -0.4 is 15.8 Å². The van der Waals surface area contributed by atoms with Crippen molar-refractivity contribution in [3.05, 3.63) is 42.3 Å². The van der Waals surface area contributed by atoms with E-state index in [9.17, 15) is 9.18 Å². The van der Waals surface area contributed by atoms with Crippen LogP contribution in [0, 0.1) is 5.82 Å². The molecule has 30 heavy (non-hydrogen) atoms. The molecule has 0 spiro atoms. The van der Waals surface area contributed by atoms with Gasteiger partial charge >= 0.3 is 6.03 Å². The smallest absolute Gasteiger partial charge is 0.322 e. The van der Waals surface area contributed by atoms with Crippen molar-refractivity contribution in [2.24, 2.45) is 0 Å². The van der Waals surface area contributed by atoms with E-state index in [4.69, 9.17) is 10.5 Å². The fourth-order valence-electron chi connectivity index (χ4n) is 3.18. The standard InChI is InChI=1S/C21H29FN6O2/c1-26-10-12-28(13-11-26)9-3-8-27(2)21(29)25-20-15-17(6-7-24-20)30-19-5-4-16(23)14-18(19)22/h4-7,14-15H,3,8-13,23H2,1-2H3,(H,24,25,29). The second-order valence-corrected chi connectivity index (χ2v) is 7.52. The second-order valence-electron chi connectivity index (χ2n) is 7.52. The van der Waals surface area contributed by atoms with Crippen molar-refractivity contribution < 1.29 is 13.9 Å². The average Bonchev–Trinajstić information content (AvgIpc) is 2.72. The lowest BCUT2D eigenvalue weighted by Crippen LogP contribution is -2.45. The molecule has 0 radical (unpaired) electrons. The minimum Gasteiger partial charge on any atom is -0.454 e. The maximum atomic E-state index is 13.9. The summed E-state index contributed by atoms with van der Waals surface area (Å²) in [6, 6.07) is 7.08. The Balaban J connectivity index is 1.48. The van der Waals surface area contributed by atoms with E-state index in [1.54, 1.807) is 30.1 Å². The number of ether oxygens (including phenoxy) is 1. The number of nitrogens with zero attached hydrogens (tertiary/aromatic N) is 4. The second kappa shape index (κ2) is 10.2. The summed E-state index contributed by atoms with van der Waals surface area (Å²) in [7, 11) is 3.89. The molecule has 1 saturated heterocycles. The number of carbonyl (C=O) groups excluding carboxylic acids is 1. The lowest BCUT2D eigenvalue weighted by Gasteiger charge is -2.32. The monoisotopic (exact) mass is 416 g/mol. The van der Waals surface area contributed by atoms with Gasteiger partial charge in [0.05, 0.1) is 0 Å². The van der Waals surface area contributed by atoms with Crippen molar-refractivity contribution in [2.45, 2.75) is 6.42 Å². The van der Waals surface area contributed by atoms with Crippen molar-refractivity contribution in [1.82, 2.24) is 19.7 Å². The largest absolute Gasteiger partial charge is 0.454 e. The number of nitrogens with one attached hydrogen (secondary N) is 1. The number of piperazine rings is 1. The number of benzene rings is 1. The Morgan fingerprint density at radius 1 is 1.27 bits per heavy atom. The lowest BCUT2D eigenvalue weighted by molar-refractivity contribution is 0.149. The molecular weight excluding hydrogens is 387 g/mol. The van der Waals surface area contributed by atoms with Crippen molar-refractivity contribution in [2.75, 3.05) is 64.4 Å². The highest BCUT2D eigenvalue weighted by Gasteiger charge is 2.15. The van der Waals surface area contributed by atoms with Crippen LogP contribution in [0.15, 0.2) is 36.5 Å². The minimum absolute atomic E-state index is 0.0497. The number of hydrogen-bond acceptors (Lipinski definition) is 6. The molecule has 2 aromatic rings. The number of anilines is 2. The zero-order chi connectivity index (χ0) is 21.5. The summed E-state index contributed by atoms with van der Waals surface area (Å²) in [5.74, 6) is 0.187. The maximum absolute atomic E-state index is 13.9. The van der Waals surface area contributed by atoms with E-state index >= 15 is 0 Å². The molecule has 3 rings (SSSR count). The molecule has 1 aliphatic rings. The van der Waals surface area contributed by atoms with Gasteiger partial charge in [0.2, 0.25) is 0 Å². The molecule has 0 atom stereocenters. The Kier molecular flexibility index (Phi) is 7.42. The molecule has 0 saturated carbocycles. The SMILES string of the molecule is CN1CCN(CCCN(C)C(=O)Nc2cc(Oc3ccc(N)cc3F)ccn2)CC1. The van der Waals surface area contributed by atoms with Crippen molar-refractivity contribution in [3.8, 4) is 11.5 Å². The van der Waals surface area contributed by atoms with Gasteiger partial charge in [-0.3, -0.25) is 5.32 Å². The van der Waals surface area contributed by atoms with Crippen LogP contribution in [-0.2, 0) is 0 Å². The highest BCUT2D eigenvalue weighted by Crippen LogP contribution is 2.26. The zero-order valence-electron chi connectivity index (χ0n) is 17.5. The first-order valence-electron chi connectivity index (χ1n) is 10.0. The van der Waals surface area contributed by atoms with Crippen LogP contribution in [0.1, 0.15) is 6.42 Å². The Morgan fingerprint density at radius 3 is 2.77 bits per heavy atom. The molecule has 162 valence electrons. The number of rotatable bonds is 7. The van der Waals surface area contributed by atoms with Crippen LogP contribution in [0.25, 0.3) is 0 Å². The number of carbonyl (C=O) groups is 1. The number of amides is 2. The van der Waals surface area contributed by atoms with E-state index in [-0.39, 0.29) is 11.8 Å². The number of likely N-dealkylation sites (N-methyl/N-ethyl adjacent to an activating group) is 1. The molecule has 8 nitrogen and oxygen atoms in total. The molecule has 1 aromatic heterocycles. The predicted octanol–water partition coefficient (Wildman–Crippen LogP) is 2.70. The summed E-state index contributed by atoms with van der Waals surface area (Å²) in [5.41, 5.74) is 5.87. The number of aromatic nitrogens is 1. The lowest BCUT2D eigenvalue weighted by atomic mass is 10.3. The van der Waals surface area contributed by atoms with Crippen LogP contribution in [0.3, 0.4) is 0 Å². The third-order valence-corrected chi connectivity index (χ3v) is 5.06. The fourth-order valence-corrected chi connectivity index (χ4v) is 3.18.